The van der Waals surface area contributed by atoms with E-state index in [1.807, 2.05) is 36.4 Å². The molecule has 0 radical (unpaired) electrons. The summed E-state index contributed by atoms with van der Waals surface area (Å²) in [6.45, 7) is 0. The third-order valence-electron chi connectivity index (χ3n) is 7.57. The third kappa shape index (κ3) is 3.56. The fourth-order valence-corrected chi connectivity index (χ4v) is 6.96. The van der Waals surface area contributed by atoms with Gasteiger partial charge in [-0.1, -0.05) is 60.7 Å². The first-order valence-corrected chi connectivity index (χ1v) is 13.6. The number of benzene rings is 4. The van der Waals surface area contributed by atoms with Crippen molar-refractivity contribution in [1.82, 2.24) is 0 Å². The van der Waals surface area contributed by atoms with Crippen LogP contribution in [0.1, 0.15) is 29.5 Å². The summed E-state index contributed by atoms with van der Waals surface area (Å²) in [5, 5.41) is 6.11. The molecule has 1 heterocycles. The fourth-order valence-electron chi connectivity index (χ4n) is 5.73. The number of rotatable bonds is 5. The lowest BCUT2D eigenvalue weighted by Crippen LogP contribution is -2.30. The van der Waals surface area contributed by atoms with E-state index in [0.29, 0.717) is 10.6 Å². The Morgan fingerprint density at radius 1 is 0.944 bits per heavy atom. The van der Waals surface area contributed by atoms with Crippen LogP contribution < -0.4 is 14.4 Å². The van der Waals surface area contributed by atoms with Crippen LogP contribution >= 0.6 is 0 Å². The van der Waals surface area contributed by atoms with E-state index >= 15 is 0 Å². The van der Waals surface area contributed by atoms with Crippen molar-refractivity contribution in [2.24, 2.45) is 5.92 Å². The highest BCUT2D eigenvalue weighted by Crippen LogP contribution is 2.52. The number of methoxy groups -OCH3 is 1. The summed E-state index contributed by atoms with van der Waals surface area (Å²) in [4.78, 5) is 0.301. The summed E-state index contributed by atoms with van der Waals surface area (Å²) in [6.07, 6.45) is 5.36. The maximum atomic E-state index is 13.5. The van der Waals surface area contributed by atoms with Gasteiger partial charge in [0.2, 0.25) is 0 Å². The molecule has 4 aromatic carbocycles. The summed E-state index contributed by atoms with van der Waals surface area (Å²) >= 11 is 0. The highest BCUT2D eigenvalue weighted by molar-refractivity contribution is 7.92. The molecule has 1 aliphatic carbocycles. The predicted octanol–water partition coefficient (Wildman–Crippen LogP) is 6.50. The fraction of sp³-hybridized carbons (Fsp3) is 0.200. The summed E-state index contributed by atoms with van der Waals surface area (Å²) in [5.74, 6) is 1.23. The SMILES string of the molecule is COc1ccc2ccccc2c1C1Nc2ccc(S(=O)(=O)N(C)c3ccccc3)cc2C2C=CCC21. The van der Waals surface area contributed by atoms with E-state index in [2.05, 4.69) is 47.8 Å². The standard InChI is InChI=1S/C30H28N2O3S/c1-32(21-10-4-3-5-11-21)36(33,34)22-16-17-27-26(19-22)24-13-8-14-25(24)30(31-27)29-23-12-7-6-9-20(23)15-18-28(29)35-2/h3-13,15-19,24-25,30-31H,14H2,1-2H3. The minimum atomic E-state index is -3.70. The van der Waals surface area contributed by atoms with Gasteiger partial charge in [-0.15, -0.1) is 0 Å². The average molecular weight is 497 g/mol. The van der Waals surface area contributed by atoms with Gasteiger partial charge in [0.1, 0.15) is 5.75 Å². The Morgan fingerprint density at radius 2 is 1.72 bits per heavy atom. The summed E-state index contributed by atoms with van der Waals surface area (Å²) < 4.78 is 34.2. The van der Waals surface area contributed by atoms with Gasteiger partial charge in [0.05, 0.1) is 23.7 Å². The Labute approximate surface area is 212 Å². The van der Waals surface area contributed by atoms with Crippen LogP contribution in [-0.2, 0) is 10.0 Å². The molecule has 0 saturated carbocycles. The average Bonchev–Trinajstić information content (AvgIpc) is 3.42. The second-order valence-corrected chi connectivity index (χ2v) is 11.4. The van der Waals surface area contributed by atoms with Crippen LogP contribution in [0.2, 0.25) is 0 Å². The second kappa shape index (κ2) is 8.71. The van der Waals surface area contributed by atoms with Crippen molar-refractivity contribution in [2.45, 2.75) is 23.3 Å². The number of hydrogen-bond acceptors (Lipinski definition) is 4. The normalized spacial score (nSPS) is 20.4. The Morgan fingerprint density at radius 3 is 2.53 bits per heavy atom. The molecule has 6 heteroatoms. The lowest BCUT2D eigenvalue weighted by Gasteiger charge is -2.38. The van der Waals surface area contributed by atoms with Crippen LogP contribution in [0.4, 0.5) is 11.4 Å². The smallest absolute Gasteiger partial charge is 0.264 e. The number of hydrogen-bond donors (Lipinski definition) is 1. The highest BCUT2D eigenvalue weighted by Gasteiger charge is 2.40. The van der Waals surface area contributed by atoms with Crippen molar-refractivity contribution in [3.05, 3.63) is 108 Å². The Bertz CT molecular complexity index is 1580. The van der Waals surface area contributed by atoms with Crippen molar-refractivity contribution in [2.75, 3.05) is 23.8 Å². The molecule has 0 aromatic heterocycles. The quantitative estimate of drug-likeness (QED) is 0.321. The molecular formula is C30H28N2O3S. The molecular weight excluding hydrogens is 468 g/mol. The van der Waals surface area contributed by atoms with Crippen molar-refractivity contribution in [3.63, 3.8) is 0 Å². The monoisotopic (exact) mass is 496 g/mol. The highest BCUT2D eigenvalue weighted by atomic mass is 32.2. The van der Waals surface area contributed by atoms with E-state index in [-0.39, 0.29) is 17.9 Å². The molecule has 6 rings (SSSR count). The minimum Gasteiger partial charge on any atom is -0.496 e. The minimum absolute atomic E-state index is 0.0352. The molecule has 182 valence electrons. The van der Waals surface area contributed by atoms with E-state index in [1.165, 1.54) is 15.1 Å². The van der Waals surface area contributed by atoms with Crippen molar-refractivity contribution >= 4 is 32.2 Å². The van der Waals surface area contributed by atoms with Gasteiger partial charge in [-0.3, -0.25) is 4.31 Å². The van der Waals surface area contributed by atoms with Crippen LogP contribution in [0.25, 0.3) is 10.8 Å². The molecule has 1 aliphatic heterocycles. The molecule has 0 amide bonds. The number of para-hydroxylation sites is 1. The van der Waals surface area contributed by atoms with Gasteiger partial charge < -0.3 is 10.1 Å². The number of ether oxygens (including phenoxy) is 1. The van der Waals surface area contributed by atoms with E-state index in [4.69, 9.17) is 4.74 Å². The molecule has 2 aliphatic rings. The van der Waals surface area contributed by atoms with Gasteiger partial charge in [-0.25, -0.2) is 8.42 Å². The number of nitrogens with one attached hydrogen (secondary N) is 1. The predicted molar refractivity (Wildman–Crippen MR) is 145 cm³/mol. The Balaban J connectivity index is 1.43. The van der Waals surface area contributed by atoms with Crippen LogP contribution in [0.5, 0.6) is 5.75 Å². The van der Waals surface area contributed by atoms with Crippen LogP contribution in [-0.4, -0.2) is 22.6 Å². The van der Waals surface area contributed by atoms with E-state index in [0.717, 1.165) is 29.0 Å². The van der Waals surface area contributed by atoms with Crippen molar-refractivity contribution in [3.8, 4) is 5.75 Å². The number of allylic oxidation sites excluding steroid dienone is 2. The summed E-state index contributed by atoms with van der Waals surface area (Å²) in [6, 6.07) is 27.2. The molecule has 36 heavy (non-hydrogen) atoms. The molecule has 3 unspecified atom stereocenters. The molecule has 0 saturated heterocycles. The van der Waals surface area contributed by atoms with E-state index in [9.17, 15) is 8.42 Å². The van der Waals surface area contributed by atoms with Crippen molar-refractivity contribution in [1.29, 1.82) is 0 Å². The van der Waals surface area contributed by atoms with Gasteiger partial charge in [0.25, 0.3) is 10.0 Å². The van der Waals surface area contributed by atoms with Gasteiger partial charge in [0, 0.05) is 24.2 Å². The van der Waals surface area contributed by atoms with Crippen LogP contribution in [0.15, 0.2) is 102 Å². The Hall–Kier alpha value is -3.77. The maximum Gasteiger partial charge on any atom is 0.264 e. The topological polar surface area (TPSA) is 58.6 Å². The lowest BCUT2D eigenvalue weighted by molar-refractivity contribution is 0.383. The lowest BCUT2D eigenvalue weighted by atomic mass is 9.76. The number of sulfonamides is 1. The molecule has 1 N–H and O–H groups in total. The number of fused-ring (bicyclic) bond motifs is 4. The first-order valence-electron chi connectivity index (χ1n) is 12.2. The van der Waals surface area contributed by atoms with Crippen LogP contribution in [0.3, 0.4) is 0 Å². The summed E-state index contributed by atoms with van der Waals surface area (Å²) in [5.41, 5.74) is 3.77. The van der Waals surface area contributed by atoms with Crippen molar-refractivity contribution < 1.29 is 13.2 Å². The zero-order chi connectivity index (χ0) is 24.9. The first kappa shape index (κ1) is 22.7. The summed E-state index contributed by atoms with van der Waals surface area (Å²) in [7, 11) is -0.380. The molecule has 5 nitrogen and oxygen atoms in total. The molecule has 3 atom stereocenters. The molecule has 0 bridgehead atoms. The zero-order valence-electron chi connectivity index (χ0n) is 20.3. The van der Waals surface area contributed by atoms with Crippen LogP contribution in [0, 0.1) is 5.92 Å². The van der Waals surface area contributed by atoms with Gasteiger partial charge in [0.15, 0.2) is 0 Å². The maximum absolute atomic E-state index is 13.5. The molecule has 0 fully saturated rings. The molecule has 4 aromatic rings. The zero-order valence-corrected chi connectivity index (χ0v) is 21.1. The number of anilines is 2. The van der Waals surface area contributed by atoms with E-state index in [1.54, 1.807) is 32.4 Å². The number of nitrogens with zero attached hydrogens (tertiary/aromatic N) is 1. The third-order valence-corrected chi connectivity index (χ3v) is 9.36. The van der Waals surface area contributed by atoms with E-state index < -0.39 is 10.0 Å². The largest absolute Gasteiger partial charge is 0.496 e. The van der Waals surface area contributed by atoms with Gasteiger partial charge in [-0.05, 0) is 65.1 Å². The molecule has 0 spiro atoms. The first-order chi connectivity index (χ1) is 17.5. The van der Waals surface area contributed by atoms with Gasteiger partial charge >= 0.3 is 0 Å². The Kier molecular flexibility index (Phi) is 5.49. The second-order valence-electron chi connectivity index (χ2n) is 9.44. The van der Waals surface area contributed by atoms with Gasteiger partial charge in [-0.2, -0.15) is 0 Å².